The smallest absolute Gasteiger partial charge is 0.408 e. The van der Waals surface area contributed by atoms with Crippen molar-refractivity contribution in [3.05, 3.63) is 125 Å². The molecule has 3 N–H and O–H groups in total. The van der Waals surface area contributed by atoms with Crippen LogP contribution < -0.4 is 10.2 Å². The molecule has 12 nitrogen and oxygen atoms in total. The molecular weight excluding hydrogens is 650 g/mol. The van der Waals surface area contributed by atoms with Crippen molar-refractivity contribution in [1.82, 2.24) is 10.3 Å². The lowest BCUT2D eigenvalue weighted by atomic mass is 10.0. The van der Waals surface area contributed by atoms with Crippen molar-refractivity contribution in [3.63, 3.8) is 0 Å². The third-order valence-corrected chi connectivity index (χ3v) is 9.23. The first-order chi connectivity index (χ1) is 23.8. The monoisotopic (exact) mass is 683 g/mol. The van der Waals surface area contributed by atoms with E-state index in [1.807, 2.05) is 42.5 Å². The lowest BCUT2D eigenvalue weighted by Crippen LogP contribution is -2.42. The zero-order valence-corrected chi connectivity index (χ0v) is 27.0. The average Bonchev–Trinajstić information content (AvgIpc) is 3.41. The molecule has 0 saturated carbocycles. The largest absolute Gasteiger partial charge is 0.478 e. The Bertz CT molecular complexity index is 1800. The molecule has 3 amide bonds. The summed E-state index contributed by atoms with van der Waals surface area (Å²) in [4.78, 5) is 55.4. The van der Waals surface area contributed by atoms with Crippen LogP contribution in [0.5, 0.6) is 0 Å². The van der Waals surface area contributed by atoms with Crippen LogP contribution in [0.1, 0.15) is 57.8 Å². The number of pyridine rings is 1. The van der Waals surface area contributed by atoms with Gasteiger partial charge in [0, 0.05) is 23.9 Å². The zero-order valence-electron chi connectivity index (χ0n) is 26.1. The predicted molar refractivity (Wildman–Crippen MR) is 177 cm³/mol. The van der Waals surface area contributed by atoms with Gasteiger partial charge in [-0.2, -0.15) is 0 Å². The number of aromatic nitrogens is 1. The van der Waals surface area contributed by atoms with Gasteiger partial charge in [-0.3, -0.25) is 9.59 Å². The number of benzene rings is 3. The summed E-state index contributed by atoms with van der Waals surface area (Å²) in [7, 11) is 0. The van der Waals surface area contributed by atoms with Crippen molar-refractivity contribution in [2.24, 2.45) is 0 Å². The van der Waals surface area contributed by atoms with E-state index in [1.165, 1.54) is 17.8 Å². The lowest BCUT2D eigenvalue weighted by Gasteiger charge is -2.36. The van der Waals surface area contributed by atoms with E-state index in [0.29, 0.717) is 28.5 Å². The summed E-state index contributed by atoms with van der Waals surface area (Å²) >= 11 is 1.28. The Morgan fingerprint density at radius 1 is 0.918 bits per heavy atom. The number of carboxylic acids is 1. The summed E-state index contributed by atoms with van der Waals surface area (Å²) < 4.78 is 17.9. The standard InChI is InChI=1S/C36H33N3O9S/c40-19-22-8-10-24(11-9-22)30-17-27(21-49-32-28(34(43)44)7-4-16-37-32)47-35(48-30)25-12-14-26(15-13-25)39-31(41)18-29(33(39)42)38-36(45)46-20-23-5-2-1-3-6-23/h1-16,27,29-30,35,40H,17-21H2,(H,38,45)(H,43,44). The number of thioether (sulfide) groups is 1. The number of carbonyl (C=O) groups is 4. The number of nitrogens with zero attached hydrogens (tertiary/aromatic N) is 2. The Morgan fingerprint density at radius 3 is 2.37 bits per heavy atom. The minimum Gasteiger partial charge on any atom is -0.478 e. The number of nitrogens with one attached hydrogen (secondary N) is 1. The third kappa shape index (κ3) is 8.15. The maximum Gasteiger partial charge on any atom is 0.408 e. The second-order valence-electron chi connectivity index (χ2n) is 11.4. The Hall–Kier alpha value is -5.08. The van der Waals surface area contributed by atoms with E-state index in [-0.39, 0.29) is 37.4 Å². The summed E-state index contributed by atoms with van der Waals surface area (Å²) in [6.07, 6.45) is -0.535. The number of alkyl carbamates (subject to hydrolysis) is 1. The van der Waals surface area contributed by atoms with Crippen LogP contribution in [0, 0.1) is 0 Å². The van der Waals surface area contributed by atoms with Crippen LogP contribution in [0.25, 0.3) is 0 Å². The Kier molecular flexibility index (Phi) is 10.6. The summed E-state index contributed by atoms with van der Waals surface area (Å²) in [6.45, 7) is -0.0603. The summed E-state index contributed by atoms with van der Waals surface area (Å²) in [5.74, 6) is -1.70. The molecule has 252 valence electrons. The quantitative estimate of drug-likeness (QED) is 0.141. The number of hydrogen-bond acceptors (Lipinski definition) is 10. The van der Waals surface area contributed by atoms with Crippen LogP contribution in [-0.4, -0.2) is 57.0 Å². The topological polar surface area (TPSA) is 165 Å². The summed E-state index contributed by atoms with van der Waals surface area (Å²) in [5.41, 5.74) is 3.51. The molecule has 2 saturated heterocycles. The molecule has 3 aromatic carbocycles. The molecule has 0 spiro atoms. The fraction of sp³-hybridized carbons (Fsp3) is 0.250. The highest BCUT2D eigenvalue weighted by atomic mass is 32.2. The number of anilines is 1. The van der Waals surface area contributed by atoms with E-state index in [2.05, 4.69) is 10.3 Å². The second-order valence-corrected chi connectivity index (χ2v) is 12.5. The number of ether oxygens (including phenoxy) is 3. The van der Waals surface area contributed by atoms with Crippen molar-refractivity contribution in [3.8, 4) is 0 Å². The first kappa shape index (κ1) is 33.8. The third-order valence-electron chi connectivity index (χ3n) is 8.10. The van der Waals surface area contributed by atoms with Gasteiger partial charge in [-0.05, 0) is 41.0 Å². The van der Waals surface area contributed by atoms with Crippen LogP contribution in [0.2, 0.25) is 0 Å². The van der Waals surface area contributed by atoms with Gasteiger partial charge in [-0.25, -0.2) is 19.5 Å². The molecule has 13 heteroatoms. The number of rotatable bonds is 11. The number of aliphatic hydroxyl groups is 1. The van der Waals surface area contributed by atoms with Gasteiger partial charge in [0.1, 0.15) is 17.7 Å². The van der Waals surface area contributed by atoms with E-state index in [9.17, 15) is 29.4 Å². The van der Waals surface area contributed by atoms with Crippen molar-refractivity contribution >= 4 is 41.3 Å². The summed E-state index contributed by atoms with van der Waals surface area (Å²) in [5, 5.41) is 21.9. The number of hydrogen-bond donors (Lipinski definition) is 3. The zero-order chi connectivity index (χ0) is 34.3. The van der Waals surface area contributed by atoms with E-state index < -0.39 is 36.2 Å². The van der Waals surface area contributed by atoms with E-state index in [0.717, 1.165) is 21.6 Å². The van der Waals surface area contributed by atoms with Crippen LogP contribution in [0.4, 0.5) is 10.5 Å². The number of amides is 3. The number of aromatic carboxylic acids is 1. The fourth-order valence-electron chi connectivity index (χ4n) is 5.57. The van der Waals surface area contributed by atoms with Gasteiger partial charge in [-0.15, -0.1) is 11.8 Å². The molecule has 0 radical (unpaired) electrons. The van der Waals surface area contributed by atoms with Crippen LogP contribution in [0.3, 0.4) is 0 Å². The highest BCUT2D eigenvalue weighted by Crippen LogP contribution is 2.40. The van der Waals surface area contributed by atoms with Gasteiger partial charge < -0.3 is 29.7 Å². The van der Waals surface area contributed by atoms with Crippen molar-refractivity contribution in [2.45, 2.75) is 55.6 Å². The maximum atomic E-state index is 13.2. The molecule has 0 aliphatic carbocycles. The fourth-order valence-corrected chi connectivity index (χ4v) is 6.57. The first-order valence-corrected chi connectivity index (χ1v) is 16.5. The second kappa shape index (κ2) is 15.4. The van der Waals surface area contributed by atoms with Gasteiger partial charge in [-0.1, -0.05) is 66.7 Å². The number of aliphatic hydroxyl groups excluding tert-OH is 1. The molecule has 1 aromatic heterocycles. The Morgan fingerprint density at radius 2 is 1.65 bits per heavy atom. The molecule has 2 aliphatic rings. The molecule has 2 fully saturated rings. The Balaban J connectivity index is 1.14. The minimum atomic E-state index is -1.07. The minimum absolute atomic E-state index is 0.0267. The maximum absolute atomic E-state index is 13.2. The molecule has 2 aliphatic heterocycles. The summed E-state index contributed by atoms with van der Waals surface area (Å²) in [6, 6.07) is 25.2. The van der Waals surface area contributed by atoms with Crippen LogP contribution >= 0.6 is 11.8 Å². The predicted octanol–water partition coefficient (Wildman–Crippen LogP) is 5.17. The van der Waals surface area contributed by atoms with Crippen molar-refractivity contribution in [2.75, 3.05) is 10.7 Å². The molecule has 49 heavy (non-hydrogen) atoms. The van der Waals surface area contributed by atoms with Gasteiger partial charge in [0.2, 0.25) is 5.91 Å². The van der Waals surface area contributed by atoms with Gasteiger partial charge in [0.25, 0.3) is 5.91 Å². The molecule has 4 atom stereocenters. The number of carbonyl (C=O) groups excluding carboxylic acids is 3. The van der Waals surface area contributed by atoms with E-state index in [4.69, 9.17) is 14.2 Å². The SMILES string of the molecule is O=C(NC1CC(=O)N(c2ccc(C3OC(CSc4ncccc4C(=O)O)CC(c4ccc(CO)cc4)O3)cc2)C1=O)OCc1ccccc1. The molecule has 0 bridgehead atoms. The highest BCUT2D eigenvalue weighted by molar-refractivity contribution is 7.99. The molecule has 3 heterocycles. The number of carboxylic acid groups (broad SMARTS) is 1. The van der Waals surface area contributed by atoms with Crippen LogP contribution in [0.15, 0.2) is 102 Å². The molecule has 4 aromatic rings. The normalized spacial score (nSPS) is 20.6. The van der Waals surface area contributed by atoms with Gasteiger partial charge in [0.05, 0.1) is 36.5 Å². The highest BCUT2D eigenvalue weighted by Gasteiger charge is 2.41. The molecule has 6 rings (SSSR count). The Labute approximate surface area is 286 Å². The average molecular weight is 684 g/mol. The van der Waals surface area contributed by atoms with Crippen molar-refractivity contribution < 1.29 is 43.6 Å². The lowest BCUT2D eigenvalue weighted by molar-refractivity contribution is -0.245. The number of imide groups is 1. The molecular formula is C36H33N3O9S. The van der Waals surface area contributed by atoms with E-state index >= 15 is 0 Å². The molecule has 4 unspecified atom stereocenters. The van der Waals surface area contributed by atoms with Gasteiger partial charge >= 0.3 is 12.1 Å². The van der Waals surface area contributed by atoms with Crippen molar-refractivity contribution in [1.29, 1.82) is 0 Å². The van der Waals surface area contributed by atoms with E-state index in [1.54, 1.807) is 48.7 Å². The van der Waals surface area contributed by atoms with Crippen LogP contribution in [-0.2, 0) is 37.0 Å². The van der Waals surface area contributed by atoms with Gasteiger partial charge in [0.15, 0.2) is 6.29 Å². The first-order valence-electron chi connectivity index (χ1n) is 15.5.